The number of aliphatic hydroxyl groups excluding tert-OH is 1. The lowest BCUT2D eigenvalue weighted by atomic mass is 10.0. The highest BCUT2D eigenvalue weighted by Crippen LogP contribution is 2.22. The highest BCUT2D eigenvalue weighted by atomic mass is 16.3. The molecule has 1 rings (SSSR count). The molecule has 0 aliphatic carbocycles. The fraction of sp³-hybridized carbons (Fsp3) is 0.556. The third-order valence-electron chi connectivity index (χ3n) is 1.92. The molecule has 0 radical (unpaired) electrons. The minimum Gasteiger partial charge on any atom is -0.469 e. The second-order valence-corrected chi connectivity index (χ2v) is 2.63. The molecule has 1 aromatic heterocycles. The molecule has 62 valence electrons. The Morgan fingerprint density at radius 3 is 2.91 bits per heavy atom. The van der Waals surface area contributed by atoms with E-state index in [0.717, 1.165) is 18.6 Å². The number of rotatable bonds is 4. The van der Waals surface area contributed by atoms with Gasteiger partial charge < -0.3 is 9.52 Å². The van der Waals surface area contributed by atoms with Crippen molar-refractivity contribution >= 4 is 0 Å². The third kappa shape index (κ3) is 2.09. The van der Waals surface area contributed by atoms with Crippen LogP contribution in [0.2, 0.25) is 0 Å². The third-order valence-corrected chi connectivity index (χ3v) is 1.92. The van der Waals surface area contributed by atoms with Gasteiger partial charge in [0.1, 0.15) is 5.76 Å². The van der Waals surface area contributed by atoms with E-state index in [1.54, 1.807) is 6.26 Å². The molecule has 1 N–H and O–H groups in total. The van der Waals surface area contributed by atoms with Gasteiger partial charge in [-0.3, -0.25) is 0 Å². The van der Waals surface area contributed by atoms with Crippen molar-refractivity contribution < 1.29 is 9.52 Å². The monoisotopic (exact) mass is 154 g/mol. The zero-order chi connectivity index (χ0) is 8.10. The molecule has 0 amide bonds. The first-order valence-corrected chi connectivity index (χ1v) is 4.02. The Labute approximate surface area is 66.8 Å². The molecule has 0 bridgehead atoms. The fourth-order valence-corrected chi connectivity index (χ4v) is 1.23. The van der Waals surface area contributed by atoms with Crippen molar-refractivity contribution in [1.82, 2.24) is 0 Å². The molecular formula is C9H14O2. The highest BCUT2D eigenvalue weighted by Gasteiger charge is 2.10. The van der Waals surface area contributed by atoms with Crippen molar-refractivity contribution in [3.8, 4) is 0 Å². The van der Waals surface area contributed by atoms with Crippen molar-refractivity contribution in [2.75, 3.05) is 6.61 Å². The van der Waals surface area contributed by atoms with E-state index in [4.69, 9.17) is 9.52 Å². The summed E-state index contributed by atoms with van der Waals surface area (Å²) in [5, 5.41) is 8.72. The first-order chi connectivity index (χ1) is 5.38. The van der Waals surface area contributed by atoms with Gasteiger partial charge >= 0.3 is 0 Å². The molecule has 0 spiro atoms. The highest BCUT2D eigenvalue weighted by molar-refractivity contribution is 5.04. The molecule has 0 saturated heterocycles. The van der Waals surface area contributed by atoms with Crippen LogP contribution in [0.1, 0.15) is 31.4 Å². The quantitative estimate of drug-likeness (QED) is 0.720. The summed E-state index contributed by atoms with van der Waals surface area (Å²) < 4.78 is 5.23. The minimum absolute atomic E-state index is 0.235. The summed E-state index contributed by atoms with van der Waals surface area (Å²) in [6.07, 6.45) is 3.49. The molecule has 1 unspecified atom stereocenters. The van der Waals surface area contributed by atoms with E-state index in [1.165, 1.54) is 0 Å². The Bertz CT molecular complexity index is 179. The van der Waals surface area contributed by atoms with Crippen LogP contribution in [0, 0.1) is 0 Å². The van der Waals surface area contributed by atoms with Crippen LogP contribution < -0.4 is 0 Å². The van der Waals surface area contributed by atoms with Gasteiger partial charge in [0.05, 0.1) is 6.26 Å². The molecule has 2 nitrogen and oxygen atoms in total. The van der Waals surface area contributed by atoms with Crippen LogP contribution in [0.4, 0.5) is 0 Å². The van der Waals surface area contributed by atoms with Crippen LogP contribution in [-0.4, -0.2) is 11.7 Å². The first kappa shape index (κ1) is 8.34. The summed E-state index contributed by atoms with van der Waals surface area (Å²) in [7, 11) is 0. The average molecular weight is 154 g/mol. The van der Waals surface area contributed by atoms with E-state index in [9.17, 15) is 0 Å². The molecule has 1 aromatic rings. The van der Waals surface area contributed by atoms with Gasteiger partial charge in [-0.05, 0) is 25.0 Å². The van der Waals surface area contributed by atoms with Crippen LogP contribution >= 0.6 is 0 Å². The second kappa shape index (κ2) is 4.19. The van der Waals surface area contributed by atoms with Gasteiger partial charge in [0, 0.05) is 12.5 Å². The molecule has 2 heteroatoms. The second-order valence-electron chi connectivity index (χ2n) is 2.63. The SMILES string of the molecule is CCC(CCO)c1ccco1. The van der Waals surface area contributed by atoms with E-state index < -0.39 is 0 Å². The molecular weight excluding hydrogens is 140 g/mol. The summed E-state index contributed by atoms with van der Waals surface area (Å²) in [6.45, 7) is 2.34. The smallest absolute Gasteiger partial charge is 0.106 e. The molecule has 0 aromatic carbocycles. The first-order valence-electron chi connectivity index (χ1n) is 4.02. The van der Waals surface area contributed by atoms with E-state index in [1.807, 2.05) is 12.1 Å². The van der Waals surface area contributed by atoms with Crippen molar-refractivity contribution in [2.24, 2.45) is 0 Å². The van der Waals surface area contributed by atoms with Crippen LogP contribution in [0.25, 0.3) is 0 Å². The van der Waals surface area contributed by atoms with Crippen molar-refractivity contribution in [2.45, 2.75) is 25.7 Å². The van der Waals surface area contributed by atoms with Crippen LogP contribution in [0.5, 0.6) is 0 Å². The zero-order valence-electron chi connectivity index (χ0n) is 6.79. The Hall–Kier alpha value is -0.760. The molecule has 11 heavy (non-hydrogen) atoms. The number of aliphatic hydroxyl groups is 1. The van der Waals surface area contributed by atoms with Crippen LogP contribution in [0.3, 0.4) is 0 Å². The van der Waals surface area contributed by atoms with Crippen LogP contribution in [0.15, 0.2) is 22.8 Å². The lowest BCUT2D eigenvalue weighted by Crippen LogP contribution is -1.98. The van der Waals surface area contributed by atoms with Crippen molar-refractivity contribution in [3.63, 3.8) is 0 Å². The topological polar surface area (TPSA) is 33.4 Å². The molecule has 0 saturated carbocycles. The van der Waals surface area contributed by atoms with Gasteiger partial charge in [0.25, 0.3) is 0 Å². The standard InChI is InChI=1S/C9H14O2/c1-2-8(5-6-10)9-4-3-7-11-9/h3-4,7-8,10H,2,5-6H2,1H3. The maximum atomic E-state index is 8.72. The zero-order valence-corrected chi connectivity index (χ0v) is 6.79. The lowest BCUT2D eigenvalue weighted by molar-refractivity contribution is 0.265. The predicted molar refractivity (Wildman–Crippen MR) is 43.4 cm³/mol. The predicted octanol–water partition coefficient (Wildman–Crippen LogP) is 2.16. The summed E-state index contributed by atoms with van der Waals surface area (Å²) in [5.74, 6) is 1.37. The fourth-order valence-electron chi connectivity index (χ4n) is 1.23. The average Bonchev–Trinajstić information content (AvgIpc) is 2.52. The maximum absolute atomic E-state index is 8.72. The Balaban J connectivity index is 2.56. The van der Waals surface area contributed by atoms with Crippen LogP contribution in [-0.2, 0) is 0 Å². The Morgan fingerprint density at radius 1 is 1.64 bits per heavy atom. The largest absolute Gasteiger partial charge is 0.469 e. The van der Waals surface area contributed by atoms with Crippen molar-refractivity contribution in [3.05, 3.63) is 24.2 Å². The van der Waals surface area contributed by atoms with Gasteiger partial charge in [-0.2, -0.15) is 0 Å². The normalized spacial score (nSPS) is 13.3. The van der Waals surface area contributed by atoms with E-state index in [-0.39, 0.29) is 6.61 Å². The van der Waals surface area contributed by atoms with Gasteiger partial charge in [-0.1, -0.05) is 6.92 Å². The van der Waals surface area contributed by atoms with Gasteiger partial charge in [0.2, 0.25) is 0 Å². The molecule has 0 aliphatic rings. The molecule has 1 heterocycles. The molecule has 0 aliphatic heterocycles. The summed E-state index contributed by atoms with van der Waals surface area (Å²) in [6, 6.07) is 3.85. The van der Waals surface area contributed by atoms with Gasteiger partial charge in [0.15, 0.2) is 0 Å². The summed E-state index contributed by atoms with van der Waals surface area (Å²) in [5.41, 5.74) is 0. The summed E-state index contributed by atoms with van der Waals surface area (Å²) in [4.78, 5) is 0. The number of furan rings is 1. The van der Waals surface area contributed by atoms with Gasteiger partial charge in [-0.25, -0.2) is 0 Å². The number of hydrogen-bond donors (Lipinski definition) is 1. The van der Waals surface area contributed by atoms with Crippen molar-refractivity contribution in [1.29, 1.82) is 0 Å². The minimum atomic E-state index is 0.235. The maximum Gasteiger partial charge on any atom is 0.106 e. The lowest BCUT2D eigenvalue weighted by Gasteiger charge is -2.08. The van der Waals surface area contributed by atoms with E-state index >= 15 is 0 Å². The Morgan fingerprint density at radius 2 is 2.45 bits per heavy atom. The van der Waals surface area contributed by atoms with Gasteiger partial charge in [-0.15, -0.1) is 0 Å². The number of hydrogen-bond acceptors (Lipinski definition) is 2. The molecule has 1 atom stereocenters. The Kier molecular flexibility index (Phi) is 3.17. The summed E-state index contributed by atoms with van der Waals surface area (Å²) >= 11 is 0. The van der Waals surface area contributed by atoms with E-state index in [0.29, 0.717) is 5.92 Å². The van der Waals surface area contributed by atoms with E-state index in [2.05, 4.69) is 6.92 Å². The molecule has 0 fully saturated rings.